The normalized spacial score (nSPS) is 10.8. The molecule has 6 nitrogen and oxygen atoms in total. The van der Waals surface area contributed by atoms with Gasteiger partial charge in [0.2, 0.25) is 0 Å². The average molecular weight is 269 g/mol. The molecule has 0 aliphatic rings. The summed E-state index contributed by atoms with van der Waals surface area (Å²) >= 11 is 0. The number of ether oxygens (including phenoxy) is 1. The van der Waals surface area contributed by atoms with Crippen molar-refractivity contribution in [3.63, 3.8) is 0 Å². The lowest BCUT2D eigenvalue weighted by Crippen LogP contribution is -2.25. The fraction of sp³-hybridized carbons (Fsp3) is 0.143. The maximum Gasteiger partial charge on any atom is 0.345 e. The van der Waals surface area contributed by atoms with Gasteiger partial charge in [-0.1, -0.05) is 24.3 Å². The number of nitrogens with zero attached hydrogens (tertiary/aromatic N) is 3. The van der Waals surface area contributed by atoms with Crippen LogP contribution in [0.15, 0.2) is 41.5 Å². The molecule has 2 heterocycles. The molecule has 0 unspecified atom stereocenters. The van der Waals surface area contributed by atoms with Crippen LogP contribution in [0.5, 0.6) is 0 Å². The number of esters is 1. The number of hydrogen-bond donors (Lipinski definition) is 0. The van der Waals surface area contributed by atoms with E-state index in [1.54, 1.807) is 13.1 Å². The molecule has 0 atom stereocenters. The molecule has 0 N–H and O–H groups in total. The lowest BCUT2D eigenvalue weighted by molar-refractivity contribution is 0.0523. The Hall–Kier alpha value is -2.76. The first-order valence-corrected chi connectivity index (χ1v) is 6.15. The molecule has 0 aliphatic heterocycles. The Morgan fingerprint density at radius 2 is 2.10 bits per heavy atom. The highest BCUT2D eigenvalue weighted by atomic mass is 16.5. The van der Waals surface area contributed by atoms with Gasteiger partial charge < -0.3 is 4.74 Å². The predicted octanol–water partition coefficient (Wildman–Crippen LogP) is 1.42. The highest BCUT2D eigenvalue weighted by Gasteiger charge is 2.15. The van der Waals surface area contributed by atoms with Crippen molar-refractivity contribution in [2.24, 2.45) is 0 Å². The Morgan fingerprint density at radius 3 is 2.90 bits per heavy atom. The second-order valence-corrected chi connectivity index (χ2v) is 4.16. The standard InChI is InChI=1S/C14H11N3O3/c1-2-20-14(19)11-8-15-12-10-6-4-3-5-9(10)7-16-17(12)13(11)18/h3-8H,2H2,1H3. The van der Waals surface area contributed by atoms with Crippen molar-refractivity contribution in [3.8, 4) is 0 Å². The van der Waals surface area contributed by atoms with Gasteiger partial charge >= 0.3 is 5.97 Å². The zero-order valence-corrected chi connectivity index (χ0v) is 10.7. The molecule has 100 valence electrons. The summed E-state index contributed by atoms with van der Waals surface area (Å²) in [6.07, 6.45) is 2.81. The van der Waals surface area contributed by atoms with Gasteiger partial charge in [0.15, 0.2) is 5.65 Å². The summed E-state index contributed by atoms with van der Waals surface area (Å²) in [5.74, 6) is -0.686. The largest absolute Gasteiger partial charge is 0.462 e. The van der Waals surface area contributed by atoms with Gasteiger partial charge in [-0.25, -0.2) is 9.78 Å². The van der Waals surface area contributed by atoms with Gasteiger partial charge in [-0.15, -0.1) is 0 Å². The Labute approximate surface area is 113 Å². The van der Waals surface area contributed by atoms with Crippen molar-refractivity contribution in [2.45, 2.75) is 6.92 Å². The molecule has 20 heavy (non-hydrogen) atoms. The lowest BCUT2D eigenvalue weighted by atomic mass is 10.2. The van der Waals surface area contributed by atoms with Crippen LogP contribution in [0.3, 0.4) is 0 Å². The Kier molecular flexibility index (Phi) is 2.90. The molecule has 0 fully saturated rings. The number of benzene rings is 1. The second-order valence-electron chi connectivity index (χ2n) is 4.16. The van der Waals surface area contributed by atoms with Crippen LogP contribution < -0.4 is 5.56 Å². The molecule has 0 saturated heterocycles. The minimum absolute atomic E-state index is 0.118. The van der Waals surface area contributed by atoms with E-state index in [1.807, 2.05) is 24.3 Å². The van der Waals surface area contributed by atoms with E-state index in [0.717, 1.165) is 15.3 Å². The van der Waals surface area contributed by atoms with Crippen molar-refractivity contribution in [1.82, 2.24) is 14.6 Å². The van der Waals surface area contributed by atoms with E-state index in [1.165, 1.54) is 6.20 Å². The first-order chi connectivity index (χ1) is 9.72. The van der Waals surface area contributed by atoms with Gasteiger partial charge in [-0.2, -0.15) is 9.61 Å². The van der Waals surface area contributed by atoms with Crippen LogP contribution in [-0.4, -0.2) is 27.2 Å². The highest BCUT2D eigenvalue weighted by Crippen LogP contribution is 2.15. The van der Waals surface area contributed by atoms with Gasteiger partial charge in [0.1, 0.15) is 5.56 Å². The topological polar surface area (TPSA) is 73.6 Å². The molecule has 6 heteroatoms. The van der Waals surface area contributed by atoms with Gasteiger partial charge in [0.05, 0.1) is 12.8 Å². The molecule has 1 aromatic carbocycles. The van der Waals surface area contributed by atoms with E-state index in [2.05, 4.69) is 10.1 Å². The summed E-state index contributed by atoms with van der Waals surface area (Å²) in [5, 5.41) is 5.72. The Bertz CT molecular complexity index is 870. The van der Waals surface area contributed by atoms with Crippen molar-refractivity contribution < 1.29 is 9.53 Å². The van der Waals surface area contributed by atoms with E-state index in [9.17, 15) is 9.59 Å². The van der Waals surface area contributed by atoms with E-state index >= 15 is 0 Å². The van der Waals surface area contributed by atoms with Crippen molar-refractivity contribution >= 4 is 22.4 Å². The molecular weight excluding hydrogens is 258 g/mol. The Balaban J connectivity index is 2.32. The molecule has 2 aromatic heterocycles. The third-order valence-corrected chi connectivity index (χ3v) is 2.95. The molecule has 0 spiro atoms. The summed E-state index contributed by atoms with van der Waals surface area (Å²) in [6, 6.07) is 7.47. The molecular formula is C14H11N3O3. The van der Waals surface area contributed by atoms with Crippen LogP contribution in [0, 0.1) is 0 Å². The molecule has 0 aliphatic carbocycles. The van der Waals surface area contributed by atoms with E-state index in [4.69, 9.17) is 4.74 Å². The van der Waals surface area contributed by atoms with Crippen LogP contribution >= 0.6 is 0 Å². The quantitative estimate of drug-likeness (QED) is 0.519. The van der Waals surface area contributed by atoms with Gasteiger partial charge in [0, 0.05) is 17.0 Å². The second kappa shape index (κ2) is 4.73. The van der Waals surface area contributed by atoms with Gasteiger partial charge in [0.25, 0.3) is 5.56 Å². The molecule has 0 amide bonds. The number of fused-ring (bicyclic) bond motifs is 3. The summed E-state index contributed by atoms with van der Waals surface area (Å²) < 4.78 is 5.94. The smallest absolute Gasteiger partial charge is 0.345 e. The van der Waals surface area contributed by atoms with E-state index in [-0.39, 0.29) is 12.2 Å². The van der Waals surface area contributed by atoms with Crippen molar-refractivity contribution in [1.29, 1.82) is 0 Å². The minimum Gasteiger partial charge on any atom is -0.462 e. The maximum absolute atomic E-state index is 12.2. The first kappa shape index (κ1) is 12.3. The number of aromatic nitrogens is 3. The summed E-state index contributed by atoms with van der Waals surface area (Å²) in [4.78, 5) is 28.1. The molecule has 3 aromatic rings. The SMILES string of the molecule is CCOC(=O)c1cnc2c3ccccc3cnn2c1=O. The molecule has 0 radical (unpaired) electrons. The van der Waals surface area contributed by atoms with Crippen molar-refractivity contribution in [3.05, 3.63) is 52.6 Å². The third kappa shape index (κ3) is 1.82. The summed E-state index contributed by atoms with van der Waals surface area (Å²) in [6.45, 7) is 1.88. The average Bonchev–Trinajstić information content (AvgIpc) is 2.47. The van der Waals surface area contributed by atoms with Crippen LogP contribution in [0.4, 0.5) is 0 Å². The lowest BCUT2D eigenvalue weighted by Gasteiger charge is -2.05. The van der Waals surface area contributed by atoms with Crippen LogP contribution in [0.25, 0.3) is 16.4 Å². The van der Waals surface area contributed by atoms with Crippen LogP contribution in [0.2, 0.25) is 0 Å². The number of rotatable bonds is 2. The third-order valence-electron chi connectivity index (χ3n) is 2.95. The summed E-state index contributed by atoms with van der Waals surface area (Å²) in [7, 11) is 0. The fourth-order valence-electron chi connectivity index (χ4n) is 2.02. The molecule has 3 rings (SSSR count). The summed E-state index contributed by atoms with van der Waals surface area (Å²) in [5.41, 5.74) is -0.229. The first-order valence-electron chi connectivity index (χ1n) is 6.15. The van der Waals surface area contributed by atoms with E-state index in [0.29, 0.717) is 5.65 Å². The predicted molar refractivity (Wildman–Crippen MR) is 72.7 cm³/mol. The highest BCUT2D eigenvalue weighted by molar-refractivity contribution is 5.94. The van der Waals surface area contributed by atoms with Crippen molar-refractivity contribution in [2.75, 3.05) is 6.61 Å². The molecule has 0 bridgehead atoms. The Morgan fingerprint density at radius 1 is 1.30 bits per heavy atom. The number of carbonyl (C=O) groups excluding carboxylic acids is 1. The minimum atomic E-state index is -0.686. The molecule has 0 saturated carbocycles. The zero-order chi connectivity index (χ0) is 14.1. The maximum atomic E-state index is 12.2. The van der Waals surface area contributed by atoms with Gasteiger partial charge in [-0.3, -0.25) is 4.79 Å². The zero-order valence-electron chi connectivity index (χ0n) is 10.7. The van der Waals surface area contributed by atoms with E-state index < -0.39 is 11.5 Å². The number of carbonyl (C=O) groups is 1. The van der Waals surface area contributed by atoms with Gasteiger partial charge in [-0.05, 0) is 6.92 Å². The monoisotopic (exact) mass is 269 g/mol. The fourth-order valence-corrected chi connectivity index (χ4v) is 2.02. The number of hydrogen-bond acceptors (Lipinski definition) is 5. The van der Waals surface area contributed by atoms with Crippen LogP contribution in [-0.2, 0) is 4.74 Å². The van der Waals surface area contributed by atoms with Crippen LogP contribution in [0.1, 0.15) is 17.3 Å².